The van der Waals surface area contributed by atoms with Crippen LogP contribution in [0.3, 0.4) is 0 Å². The first-order valence-electron chi connectivity index (χ1n) is 25.9. The molecule has 0 aliphatic heterocycles. The fourth-order valence-corrected chi connectivity index (χ4v) is 6.18. The van der Waals surface area contributed by atoms with Crippen molar-refractivity contribution in [3.63, 3.8) is 0 Å². The largest absolute Gasteiger partial charge is 2.00 e. The normalized spacial score (nSPS) is 10.5. The van der Waals surface area contributed by atoms with Crippen LogP contribution in [0.5, 0.6) is 0 Å². The molecule has 0 aromatic heterocycles. The third-order valence-corrected chi connectivity index (χ3v) is 10.4. The minimum Gasteiger partial charge on any atom is -0.531 e. The second-order valence-corrected chi connectivity index (χ2v) is 18.0. The number of allylic oxidation sites excluding steroid dienone is 4. The molecule has 0 saturated heterocycles. The molecule has 0 saturated carbocycles. The van der Waals surface area contributed by atoms with Crippen molar-refractivity contribution in [2.45, 2.75) is 223 Å². The first kappa shape index (κ1) is 93.3. The zero-order valence-electron chi connectivity index (χ0n) is 46.3. The number of carbonyl (C=O) groups is 11. The summed E-state index contributed by atoms with van der Waals surface area (Å²) in [6, 6.07) is 0. The van der Waals surface area contributed by atoms with Crippen LogP contribution in [-0.4, -0.2) is 154 Å². The van der Waals surface area contributed by atoms with Gasteiger partial charge in [-0.05, 0) is 12.8 Å². The summed E-state index contributed by atoms with van der Waals surface area (Å²) in [5.74, 6) is -16.4. The van der Waals surface area contributed by atoms with Gasteiger partial charge >= 0.3 is 117 Å². The van der Waals surface area contributed by atoms with Gasteiger partial charge in [0.15, 0.2) is 16.8 Å². The molecule has 25 nitrogen and oxygen atoms in total. The van der Waals surface area contributed by atoms with Gasteiger partial charge in [0.05, 0.1) is 38.5 Å². The Morgan fingerprint density at radius 1 is 0.341 bits per heavy atom. The number of carboxylic acids is 11. The molecule has 0 aliphatic carbocycles. The van der Waals surface area contributed by atoms with E-state index >= 15 is 0 Å². The van der Waals surface area contributed by atoms with Gasteiger partial charge in [-0.25, -0.2) is 14.4 Å². The standard InChI is InChI=1S/2C18H31O2.3C6H8O7.3Cu/c2*1-2-3-4-5-6-7-8-9-10-11-12-13-14-15-16-17-18(19)20;3*7-3(8)1-6(13,5(11)12)2-4(9)10;;;/h2*6,8-9H,2-5,7,11-17H2,1H3,(H,19,20);3*13H,1-2H2,(H,7,8)(H,9,10)(H,11,12);;;/q2*-3;;;;3*+2. The van der Waals surface area contributed by atoms with Gasteiger partial charge in [0.25, 0.3) is 0 Å². The molecule has 0 aromatic rings. The minimum absolute atomic E-state index is 0. The summed E-state index contributed by atoms with van der Waals surface area (Å²) in [4.78, 5) is 112. The minimum atomic E-state index is -2.74. The molecule has 3 radical (unpaired) electrons. The summed E-state index contributed by atoms with van der Waals surface area (Å²) in [5.41, 5.74) is -8.22. The number of hydrogen-bond acceptors (Lipinski definition) is 14. The topological polar surface area (TPSA) is 471 Å². The summed E-state index contributed by atoms with van der Waals surface area (Å²) in [6.07, 6.45) is 38.7. The van der Waals surface area contributed by atoms with Crippen LogP contribution in [0.25, 0.3) is 0 Å². The molecule has 0 unspecified atom stereocenters. The van der Waals surface area contributed by atoms with E-state index in [1.807, 2.05) is 0 Å². The first-order chi connectivity index (χ1) is 36.9. The first-order valence-corrected chi connectivity index (χ1v) is 25.9. The third-order valence-electron chi connectivity index (χ3n) is 10.4. The third kappa shape index (κ3) is 69.1. The van der Waals surface area contributed by atoms with Crippen molar-refractivity contribution in [1.82, 2.24) is 0 Å². The predicted octanol–water partition coefficient (Wildman–Crippen LogP) is 7.33. The Morgan fingerprint density at radius 2 is 0.573 bits per heavy atom. The van der Waals surface area contributed by atoms with Crippen LogP contribution in [0.4, 0.5) is 0 Å². The molecule has 28 heteroatoms. The number of unbranched alkanes of at least 4 members (excludes halogenated alkanes) is 22. The summed E-state index contributed by atoms with van der Waals surface area (Å²) >= 11 is 0. The maximum Gasteiger partial charge on any atom is 2.00 e. The Bertz CT molecular complexity index is 1600. The van der Waals surface area contributed by atoms with E-state index < -0.39 is 121 Å². The van der Waals surface area contributed by atoms with Gasteiger partial charge in [-0.1, -0.05) is 104 Å². The fourth-order valence-electron chi connectivity index (χ4n) is 6.18. The molecule has 0 amide bonds. The average Bonchev–Trinajstić information content (AvgIpc) is 3.30. The second-order valence-electron chi connectivity index (χ2n) is 18.0. The smallest absolute Gasteiger partial charge is 0.531 e. The number of hydrogen-bond donors (Lipinski definition) is 14. The Balaban J connectivity index is -0.000000140. The Hall–Kier alpha value is -5.17. The van der Waals surface area contributed by atoms with Gasteiger partial charge in [-0.3, -0.25) is 51.2 Å². The van der Waals surface area contributed by atoms with Crippen LogP contribution in [0, 0.1) is 37.8 Å². The van der Waals surface area contributed by atoms with Gasteiger partial charge < -0.3 is 121 Å². The molecular formula is C54H86Cu3O25. The molecule has 0 fully saturated rings. The van der Waals surface area contributed by atoms with Crippen molar-refractivity contribution in [2.75, 3.05) is 0 Å². The monoisotopic (exact) mass is 1320 g/mol. The molecular weight excluding hydrogens is 1240 g/mol. The van der Waals surface area contributed by atoms with Crippen molar-refractivity contribution in [3.05, 3.63) is 50.0 Å². The molecule has 82 heavy (non-hydrogen) atoms. The summed E-state index contributed by atoms with van der Waals surface area (Å²) < 4.78 is 0. The molecule has 0 atom stereocenters. The van der Waals surface area contributed by atoms with Crippen LogP contribution < -0.4 is 0 Å². The van der Waals surface area contributed by atoms with Crippen LogP contribution in [0.15, 0.2) is 12.2 Å². The number of aliphatic carboxylic acids is 11. The van der Waals surface area contributed by atoms with Crippen molar-refractivity contribution >= 4 is 65.7 Å². The van der Waals surface area contributed by atoms with Crippen molar-refractivity contribution in [1.29, 1.82) is 0 Å². The molecule has 14 N–H and O–H groups in total. The molecule has 0 aliphatic rings. The predicted molar refractivity (Wildman–Crippen MR) is 282 cm³/mol. The van der Waals surface area contributed by atoms with E-state index in [1.54, 1.807) is 0 Å². The summed E-state index contributed by atoms with van der Waals surface area (Å²) in [5, 5.41) is 118. The van der Waals surface area contributed by atoms with E-state index in [9.17, 15) is 52.7 Å². The second kappa shape index (κ2) is 60.4. The van der Waals surface area contributed by atoms with Gasteiger partial charge in [0, 0.05) is 12.8 Å². The Morgan fingerprint density at radius 3 is 0.780 bits per heavy atom. The van der Waals surface area contributed by atoms with E-state index in [2.05, 4.69) is 63.8 Å². The van der Waals surface area contributed by atoms with Crippen molar-refractivity contribution in [3.8, 4) is 0 Å². The Labute approximate surface area is 511 Å². The number of rotatable bonds is 45. The molecule has 0 rings (SSSR count). The van der Waals surface area contributed by atoms with Gasteiger partial charge in [-0.15, -0.1) is 0 Å². The van der Waals surface area contributed by atoms with Crippen LogP contribution >= 0.6 is 0 Å². The zero-order chi connectivity index (χ0) is 61.7. The van der Waals surface area contributed by atoms with Crippen molar-refractivity contribution in [2.24, 2.45) is 0 Å². The molecule has 0 bridgehead atoms. The maximum absolute atomic E-state index is 10.3. The van der Waals surface area contributed by atoms with Gasteiger partial charge in [0.1, 0.15) is 0 Å². The molecule has 485 valence electrons. The van der Waals surface area contributed by atoms with E-state index in [-0.39, 0.29) is 51.2 Å². The van der Waals surface area contributed by atoms with Crippen LogP contribution in [0.1, 0.15) is 206 Å². The van der Waals surface area contributed by atoms with E-state index in [1.165, 1.54) is 64.2 Å². The van der Waals surface area contributed by atoms with E-state index in [0.29, 0.717) is 12.8 Å². The van der Waals surface area contributed by atoms with Gasteiger partial charge in [-0.2, -0.15) is 25.7 Å². The van der Waals surface area contributed by atoms with Gasteiger partial charge in [0.2, 0.25) is 0 Å². The summed E-state index contributed by atoms with van der Waals surface area (Å²) in [7, 11) is 0. The van der Waals surface area contributed by atoms with E-state index in [0.717, 1.165) is 77.0 Å². The summed E-state index contributed by atoms with van der Waals surface area (Å²) in [6.45, 7) is 4.46. The molecule has 0 heterocycles. The van der Waals surface area contributed by atoms with E-state index in [4.69, 9.17) is 71.5 Å². The number of carboxylic acid groups (broad SMARTS) is 11. The SMILES string of the molecule is CCCCC[CH-]C[CH-]C=[C-]CCCCCCCC(=O)O.CCCCC[CH-]C[CH-]C=[C-]CCCCCCCC(=O)O.O=C(O)CC(O)(CC(=O)O)C(=O)O.O=C(O)CC(O)(CC(=O)O)C(=O)O.O=C(O)CC(O)(CC(=O)O)C(=O)O.[Cu+2].[Cu+2].[Cu+2]. The Kier molecular flexibility index (Phi) is 68.7. The number of aliphatic hydroxyl groups is 3. The fraction of sp³-hybridized carbons (Fsp3) is 0.648. The zero-order valence-corrected chi connectivity index (χ0v) is 49.2. The van der Waals surface area contributed by atoms with Crippen molar-refractivity contribution < 1.29 is 175 Å². The average molecular weight is 1330 g/mol. The molecule has 0 spiro atoms. The maximum atomic E-state index is 10.3. The van der Waals surface area contributed by atoms with Crippen LogP contribution in [-0.2, 0) is 104 Å². The molecule has 0 aromatic carbocycles. The quantitative estimate of drug-likeness (QED) is 0.0161. The van der Waals surface area contributed by atoms with Crippen LogP contribution in [0.2, 0.25) is 0 Å².